The molecule has 0 radical (unpaired) electrons. The maximum atomic E-state index is 3.91. The fourth-order valence-electron chi connectivity index (χ4n) is 6.37. The lowest BCUT2D eigenvalue weighted by atomic mass is 9.82. The van der Waals surface area contributed by atoms with E-state index in [-0.39, 0.29) is 7.43 Å². The number of hydrogen-bond donors (Lipinski definition) is 1. The Bertz CT molecular complexity index is 790. The number of aromatic nitrogens is 5. The van der Waals surface area contributed by atoms with Crippen LogP contribution >= 0.6 is 0 Å². The molecule has 3 aliphatic rings. The molecule has 3 saturated carbocycles. The molecule has 1 N–H and O–H groups in total. The minimum Gasteiger partial charge on any atom is -0.335 e. The SMILES string of the molecule is C.CC(C)C1CCCC1.CC(C)C1CCCCC1.CC(C)C1CCCCCC1.CC(C)n1ccnc1.CCc1cn[nH]n1. The lowest BCUT2D eigenvalue weighted by Gasteiger charge is -2.24. The summed E-state index contributed by atoms with van der Waals surface area (Å²) in [7, 11) is 0. The van der Waals surface area contributed by atoms with E-state index < -0.39 is 0 Å². The molecule has 0 spiro atoms. The van der Waals surface area contributed by atoms with Crippen LogP contribution in [0.1, 0.15) is 178 Å². The molecule has 0 aliphatic heterocycles. The van der Waals surface area contributed by atoms with Crippen LogP contribution in [0.2, 0.25) is 0 Å². The molecule has 0 amide bonds. The zero-order chi connectivity index (χ0) is 31.2. The van der Waals surface area contributed by atoms with Crippen molar-refractivity contribution in [2.75, 3.05) is 0 Å². The smallest absolute Gasteiger partial charge is 0.0948 e. The first kappa shape index (κ1) is 41.4. The summed E-state index contributed by atoms with van der Waals surface area (Å²) < 4.78 is 2.06. The van der Waals surface area contributed by atoms with E-state index in [9.17, 15) is 0 Å². The quantitative estimate of drug-likeness (QED) is 0.347. The van der Waals surface area contributed by atoms with Crippen molar-refractivity contribution in [1.29, 1.82) is 0 Å². The standard InChI is InChI=1S/C10H20.C9H18.C8H16.C6H10N2.C4H7N3.CH4/c1-9(2)10-7-5-3-4-6-8-10;1-8(2)9-6-4-3-5-7-9;1-7(2)8-5-3-4-6-8;1-6(2)8-4-3-7-5-8;1-2-4-3-5-7-6-4;/h9-10H,3-8H2,1-2H3;8-9H,3-7H2,1-2H3;7-8H,3-6H2,1-2H3;3-6H,1-2H3;3H,2H2,1H3,(H,5,6,7);1H4. The molecule has 0 bridgehead atoms. The lowest BCUT2D eigenvalue weighted by Crippen LogP contribution is -2.12. The zero-order valence-corrected chi connectivity index (χ0v) is 29.5. The third kappa shape index (κ3) is 20.1. The number of rotatable bonds is 5. The Hall–Kier alpha value is -1.65. The van der Waals surface area contributed by atoms with Gasteiger partial charge in [-0.3, -0.25) is 0 Å². The summed E-state index contributed by atoms with van der Waals surface area (Å²) in [4.78, 5) is 3.91. The van der Waals surface area contributed by atoms with Crippen LogP contribution in [0.3, 0.4) is 0 Å². The fraction of sp³-hybridized carbons (Fsp3) is 0.868. The van der Waals surface area contributed by atoms with Crippen LogP contribution in [0.4, 0.5) is 0 Å². The van der Waals surface area contributed by atoms with E-state index in [2.05, 4.69) is 80.4 Å². The molecule has 0 aromatic carbocycles. The van der Waals surface area contributed by atoms with Crippen molar-refractivity contribution in [3.63, 3.8) is 0 Å². The van der Waals surface area contributed by atoms with Gasteiger partial charge in [-0.2, -0.15) is 15.4 Å². The predicted octanol–water partition coefficient (Wildman–Crippen LogP) is 12.1. The summed E-state index contributed by atoms with van der Waals surface area (Å²) >= 11 is 0. The second-order valence-electron chi connectivity index (χ2n) is 14.3. The van der Waals surface area contributed by atoms with Gasteiger partial charge in [-0.25, -0.2) is 4.98 Å². The van der Waals surface area contributed by atoms with Gasteiger partial charge in [0.2, 0.25) is 0 Å². The number of hydrogen-bond acceptors (Lipinski definition) is 3. The molecule has 0 atom stereocenters. The number of nitrogens with one attached hydrogen (secondary N) is 1. The topological polar surface area (TPSA) is 59.4 Å². The van der Waals surface area contributed by atoms with Crippen molar-refractivity contribution >= 4 is 0 Å². The summed E-state index contributed by atoms with van der Waals surface area (Å²) in [6.45, 7) is 20.4. The maximum Gasteiger partial charge on any atom is 0.0948 e. The Balaban J connectivity index is 0.000000512. The summed E-state index contributed by atoms with van der Waals surface area (Å²) in [6.07, 6.45) is 30.6. The third-order valence-corrected chi connectivity index (χ3v) is 9.73. The highest BCUT2D eigenvalue weighted by atomic mass is 15.3. The molecule has 43 heavy (non-hydrogen) atoms. The lowest BCUT2D eigenvalue weighted by molar-refractivity contribution is 0.279. The Labute approximate surface area is 269 Å². The van der Waals surface area contributed by atoms with Gasteiger partial charge in [0.25, 0.3) is 0 Å². The summed E-state index contributed by atoms with van der Waals surface area (Å²) in [5.41, 5.74) is 1.01. The van der Waals surface area contributed by atoms with Crippen molar-refractivity contribution < 1.29 is 0 Å². The first-order valence-electron chi connectivity index (χ1n) is 18.0. The number of imidazole rings is 1. The minimum absolute atomic E-state index is 0. The molecule has 252 valence electrons. The highest BCUT2D eigenvalue weighted by Gasteiger charge is 2.17. The van der Waals surface area contributed by atoms with Crippen molar-refractivity contribution in [1.82, 2.24) is 25.0 Å². The van der Waals surface area contributed by atoms with Gasteiger partial charge < -0.3 is 4.57 Å². The van der Waals surface area contributed by atoms with Crippen LogP contribution in [0.25, 0.3) is 0 Å². The van der Waals surface area contributed by atoms with Crippen molar-refractivity contribution in [2.24, 2.45) is 35.5 Å². The van der Waals surface area contributed by atoms with Crippen LogP contribution < -0.4 is 0 Å². The van der Waals surface area contributed by atoms with Gasteiger partial charge >= 0.3 is 0 Å². The van der Waals surface area contributed by atoms with Crippen LogP contribution in [0.5, 0.6) is 0 Å². The molecule has 0 unspecified atom stereocenters. The Morgan fingerprint density at radius 1 is 0.674 bits per heavy atom. The second kappa shape index (κ2) is 25.7. The molecule has 2 aromatic rings. The maximum absolute atomic E-state index is 3.91. The van der Waals surface area contributed by atoms with Gasteiger partial charge in [-0.05, 0) is 55.8 Å². The second-order valence-corrected chi connectivity index (χ2v) is 14.3. The highest BCUT2D eigenvalue weighted by Crippen LogP contribution is 2.31. The highest BCUT2D eigenvalue weighted by molar-refractivity contribution is 4.88. The Morgan fingerprint density at radius 2 is 1.07 bits per heavy atom. The first-order valence-corrected chi connectivity index (χ1v) is 18.0. The van der Waals surface area contributed by atoms with Crippen molar-refractivity contribution in [2.45, 2.75) is 179 Å². The molecule has 0 saturated heterocycles. The van der Waals surface area contributed by atoms with E-state index in [1.54, 1.807) is 12.4 Å². The number of aromatic amines is 1. The molecule has 5 rings (SSSR count). The summed E-state index contributed by atoms with van der Waals surface area (Å²) in [6, 6.07) is 0.539. The average molecular weight is 602 g/mol. The van der Waals surface area contributed by atoms with Crippen molar-refractivity contribution in [3.8, 4) is 0 Å². The Morgan fingerprint density at radius 3 is 1.30 bits per heavy atom. The molecular weight excluding hydrogens is 526 g/mol. The van der Waals surface area contributed by atoms with Crippen LogP contribution in [0.15, 0.2) is 24.9 Å². The third-order valence-electron chi connectivity index (χ3n) is 9.73. The van der Waals surface area contributed by atoms with E-state index in [1.165, 1.54) is 96.3 Å². The zero-order valence-electron chi connectivity index (χ0n) is 29.5. The van der Waals surface area contributed by atoms with Gasteiger partial charge in [0.15, 0.2) is 0 Å². The molecule has 3 aliphatic carbocycles. The predicted molar refractivity (Wildman–Crippen MR) is 189 cm³/mol. The fourth-order valence-corrected chi connectivity index (χ4v) is 6.37. The van der Waals surface area contributed by atoms with Gasteiger partial charge in [0, 0.05) is 18.4 Å². The molecular formula is C38H75N5. The van der Waals surface area contributed by atoms with E-state index in [4.69, 9.17) is 0 Å². The summed E-state index contributed by atoms with van der Waals surface area (Å²) in [5, 5.41) is 9.94. The number of nitrogens with zero attached hydrogens (tertiary/aromatic N) is 4. The van der Waals surface area contributed by atoms with E-state index in [1.807, 2.05) is 19.4 Å². The van der Waals surface area contributed by atoms with Crippen molar-refractivity contribution in [3.05, 3.63) is 30.6 Å². The van der Waals surface area contributed by atoms with Gasteiger partial charge in [0.1, 0.15) is 0 Å². The van der Waals surface area contributed by atoms with E-state index >= 15 is 0 Å². The van der Waals surface area contributed by atoms with Gasteiger partial charge in [0.05, 0.1) is 18.2 Å². The van der Waals surface area contributed by atoms with Gasteiger partial charge in [-0.1, -0.05) is 152 Å². The number of aryl methyl sites for hydroxylation is 1. The van der Waals surface area contributed by atoms with Crippen LogP contribution in [-0.4, -0.2) is 25.0 Å². The molecule has 3 fully saturated rings. The van der Waals surface area contributed by atoms with Gasteiger partial charge in [-0.15, -0.1) is 0 Å². The van der Waals surface area contributed by atoms with E-state index in [0.29, 0.717) is 6.04 Å². The van der Waals surface area contributed by atoms with E-state index in [0.717, 1.165) is 47.6 Å². The largest absolute Gasteiger partial charge is 0.335 e. The molecule has 2 heterocycles. The minimum atomic E-state index is 0. The molecule has 5 heteroatoms. The average Bonchev–Trinajstić information content (AvgIpc) is 3.77. The number of H-pyrrole nitrogens is 1. The monoisotopic (exact) mass is 602 g/mol. The van der Waals surface area contributed by atoms with Crippen LogP contribution in [0, 0.1) is 35.5 Å². The summed E-state index contributed by atoms with van der Waals surface area (Å²) in [5.74, 6) is 5.97. The van der Waals surface area contributed by atoms with Crippen LogP contribution in [-0.2, 0) is 6.42 Å². The molecule has 5 nitrogen and oxygen atoms in total. The normalized spacial score (nSPS) is 17.9. The first-order chi connectivity index (χ1) is 20.1. The molecule has 2 aromatic heterocycles. The Kier molecular flexibility index (Phi) is 24.7.